The minimum absolute atomic E-state index is 0.119. The van der Waals surface area contributed by atoms with Crippen LogP contribution in [0.2, 0.25) is 0 Å². The van der Waals surface area contributed by atoms with Crippen molar-refractivity contribution in [3.63, 3.8) is 0 Å². The predicted octanol–water partition coefficient (Wildman–Crippen LogP) is 2.34. The van der Waals surface area contributed by atoms with Crippen LogP contribution in [0.5, 0.6) is 0 Å². The van der Waals surface area contributed by atoms with E-state index in [1.54, 1.807) is 24.3 Å². The average Bonchev–Trinajstić information content (AvgIpc) is 2.40. The van der Waals surface area contributed by atoms with Crippen molar-refractivity contribution in [3.05, 3.63) is 54.1 Å². The SMILES string of the molecule is Cc1ccc(S(=O)(=O)Nc2ccccc2NS(=O)O)cc1. The van der Waals surface area contributed by atoms with Crippen molar-refractivity contribution in [2.24, 2.45) is 0 Å². The molecule has 112 valence electrons. The highest BCUT2D eigenvalue weighted by Gasteiger charge is 2.16. The number of para-hydroxylation sites is 2. The molecular weight excluding hydrogens is 312 g/mol. The molecule has 6 nitrogen and oxygen atoms in total. The number of aryl methyl sites for hydroxylation is 1. The van der Waals surface area contributed by atoms with Gasteiger partial charge in [-0.3, -0.25) is 14.0 Å². The molecule has 2 aromatic rings. The van der Waals surface area contributed by atoms with Crippen LogP contribution in [0, 0.1) is 6.92 Å². The molecule has 0 spiro atoms. The molecule has 21 heavy (non-hydrogen) atoms. The summed E-state index contributed by atoms with van der Waals surface area (Å²) in [6.45, 7) is 1.86. The van der Waals surface area contributed by atoms with Crippen molar-refractivity contribution >= 4 is 32.7 Å². The first kappa shape index (κ1) is 15.5. The van der Waals surface area contributed by atoms with Crippen LogP contribution in [-0.2, 0) is 21.3 Å². The maximum atomic E-state index is 12.3. The average molecular weight is 326 g/mol. The summed E-state index contributed by atoms with van der Waals surface area (Å²) in [6.07, 6.45) is 0. The second kappa shape index (κ2) is 6.25. The summed E-state index contributed by atoms with van der Waals surface area (Å²) in [6, 6.07) is 12.6. The largest absolute Gasteiger partial charge is 0.289 e. The zero-order valence-corrected chi connectivity index (χ0v) is 12.7. The lowest BCUT2D eigenvalue weighted by atomic mass is 10.2. The standard InChI is InChI=1S/C13H14N2O4S2/c1-10-6-8-11(9-7-10)21(18,19)15-13-5-3-2-4-12(13)14-20(16)17/h2-9,14-15H,1H3,(H,16,17). The van der Waals surface area contributed by atoms with Gasteiger partial charge in [-0.2, -0.15) is 0 Å². The third-order valence-corrected chi connectivity index (χ3v) is 4.48. The van der Waals surface area contributed by atoms with E-state index in [1.807, 2.05) is 6.92 Å². The van der Waals surface area contributed by atoms with Gasteiger partial charge in [0.05, 0.1) is 16.3 Å². The maximum Gasteiger partial charge on any atom is 0.261 e. The van der Waals surface area contributed by atoms with Crippen molar-refractivity contribution in [1.82, 2.24) is 0 Å². The van der Waals surface area contributed by atoms with E-state index in [1.165, 1.54) is 24.3 Å². The summed E-state index contributed by atoms with van der Waals surface area (Å²) in [5.41, 5.74) is 1.36. The van der Waals surface area contributed by atoms with E-state index in [-0.39, 0.29) is 16.3 Å². The van der Waals surface area contributed by atoms with Gasteiger partial charge in [0.2, 0.25) is 0 Å². The summed E-state index contributed by atoms with van der Waals surface area (Å²) >= 11 is -2.29. The van der Waals surface area contributed by atoms with Gasteiger partial charge in [0.25, 0.3) is 21.3 Å². The van der Waals surface area contributed by atoms with Gasteiger partial charge in [-0.1, -0.05) is 29.8 Å². The molecule has 0 fully saturated rings. The first-order valence-electron chi connectivity index (χ1n) is 5.94. The van der Waals surface area contributed by atoms with E-state index >= 15 is 0 Å². The van der Waals surface area contributed by atoms with Crippen LogP contribution in [0.25, 0.3) is 0 Å². The van der Waals surface area contributed by atoms with Crippen LogP contribution >= 0.6 is 0 Å². The molecule has 0 bridgehead atoms. The lowest BCUT2D eigenvalue weighted by molar-refractivity contribution is 0.570. The third kappa shape index (κ3) is 4.03. The molecule has 1 unspecified atom stereocenters. The quantitative estimate of drug-likeness (QED) is 0.735. The van der Waals surface area contributed by atoms with Crippen molar-refractivity contribution in [2.45, 2.75) is 11.8 Å². The van der Waals surface area contributed by atoms with Gasteiger partial charge in [-0.15, -0.1) is 0 Å². The predicted molar refractivity (Wildman–Crippen MR) is 82.8 cm³/mol. The van der Waals surface area contributed by atoms with E-state index in [0.29, 0.717) is 0 Å². The van der Waals surface area contributed by atoms with Crippen LogP contribution in [0.1, 0.15) is 5.56 Å². The highest BCUT2D eigenvalue weighted by molar-refractivity contribution is 7.92. The molecule has 1 atom stereocenters. The normalized spacial score (nSPS) is 12.7. The molecule has 0 saturated heterocycles. The van der Waals surface area contributed by atoms with Gasteiger partial charge in [0, 0.05) is 0 Å². The molecular formula is C13H14N2O4S2. The Kier molecular flexibility index (Phi) is 4.61. The zero-order valence-electron chi connectivity index (χ0n) is 11.1. The van der Waals surface area contributed by atoms with Crippen LogP contribution in [0.15, 0.2) is 53.4 Å². The number of hydrogen-bond acceptors (Lipinski definition) is 3. The summed E-state index contributed by atoms with van der Waals surface area (Å²) in [4.78, 5) is 0.119. The Bertz CT molecular complexity index is 758. The van der Waals surface area contributed by atoms with Crippen molar-refractivity contribution in [3.8, 4) is 0 Å². The fourth-order valence-corrected chi connectivity index (χ4v) is 3.12. The van der Waals surface area contributed by atoms with Crippen LogP contribution < -0.4 is 9.44 Å². The van der Waals surface area contributed by atoms with E-state index in [2.05, 4.69) is 9.44 Å². The maximum absolute atomic E-state index is 12.3. The van der Waals surface area contributed by atoms with E-state index in [0.717, 1.165) is 5.56 Å². The van der Waals surface area contributed by atoms with Crippen LogP contribution in [0.3, 0.4) is 0 Å². The highest BCUT2D eigenvalue weighted by Crippen LogP contribution is 2.24. The topological polar surface area (TPSA) is 95.5 Å². The van der Waals surface area contributed by atoms with E-state index in [4.69, 9.17) is 4.55 Å². The fraction of sp³-hybridized carbons (Fsp3) is 0.0769. The molecule has 0 aromatic heterocycles. The van der Waals surface area contributed by atoms with E-state index < -0.39 is 21.3 Å². The molecule has 3 N–H and O–H groups in total. The number of rotatable bonds is 5. The molecule has 0 heterocycles. The highest BCUT2D eigenvalue weighted by atomic mass is 32.2. The van der Waals surface area contributed by atoms with Crippen molar-refractivity contribution in [1.29, 1.82) is 0 Å². The molecule has 0 aliphatic rings. The minimum Gasteiger partial charge on any atom is -0.289 e. The Balaban J connectivity index is 2.33. The summed E-state index contributed by atoms with van der Waals surface area (Å²) in [5, 5.41) is 0. The first-order valence-corrected chi connectivity index (χ1v) is 8.53. The number of anilines is 2. The molecule has 2 rings (SSSR count). The van der Waals surface area contributed by atoms with Gasteiger partial charge in [0.15, 0.2) is 0 Å². The van der Waals surface area contributed by atoms with Crippen molar-refractivity contribution in [2.75, 3.05) is 9.44 Å². The van der Waals surface area contributed by atoms with Gasteiger partial charge < -0.3 is 0 Å². The number of sulfonamides is 1. The van der Waals surface area contributed by atoms with Gasteiger partial charge >= 0.3 is 0 Å². The Morgan fingerprint density at radius 1 is 1.00 bits per heavy atom. The Labute approximate surface area is 125 Å². The molecule has 8 heteroatoms. The van der Waals surface area contributed by atoms with E-state index in [9.17, 15) is 12.6 Å². The third-order valence-electron chi connectivity index (χ3n) is 2.70. The summed E-state index contributed by atoms with van der Waals surface area (Å²) < 4.78 is 48.9. The molecule has 0 amide bonds. The van der Waals surface area contributed by atoms with Crippen molar-refractivity contribution < 1.29 is 17.2 Å². The van der Waals surface area contributed by atoms with Gasteiger partial charge in [-0.25, -0.2) is 12.6 Å². The molecule has 0 saturated carbocycles. The van der Waals surface area contributed by atoms with Crippen LogP contribution in [-0.4, -0.2) is 17.2 Å². The van der Waals surface area contributed by atoms with Gasteiger partial charge in [0.1, 0.15) is 0 Å². The number of benzene rings is 2. The minimum atomic E-state index is -3.76. The van der Waals surface area contributed by atoms with Gasteiger partial charge in [-0.05, 0) is 31.2 Å². The molecule has 0 aliphatic carbocycles. The Morgan fingerprint density at radius 3 is 2.14 bits per heavy atom. The fourth-order valence-electron chi connectivity index (χ4n) is 1.68. The molecule has 2 aromatic carbocycles. The second-order valence-corrected chi connectivity index (χ2v) is 6.70. The number of nitrogens with one attached hydrogen (secondary N) is 2. The summed E-state index contributed by atoms with van der Waals surface area (Å²) in [7, 11) is -3.76. The smallest absolute Gasteiger partial charge is 0.261 e. The lowest BCUT2D eigenvalue weighted by Gasteiger charge is -2.12. The number of hydrogen-bond donors (Lipinski definition) is 3. The molecule has 0 radical (unpaired) electrons. The monoisotopic (exact) mass is 326 g/mol. The molecule has 0 aliphatic heterocycles. The lowest BCUT2D eigenvalue weighted by Crippen LogP contribution is -2.15. The Hall–Kier alpha value is -1.90. The Morgan fingerprint density at radius 2 is 1.57 bits per heavy atom. The second-order valence-electron chi connectivity index (χ2n) is 4.32. The summed E-state index contributed by atoms with van der Waals surface area (Å²) in [5.74, 6) is 0. The zero-order chi connectivity index (χ0) is 15.5. The van der Waals surface area contributed by atoms with Crippen LogP contribution in [0.4, 0.5) is 11.4 Å². The first-order chi connectivity index (χ1) is 9.88.